The van der Waals surface area contributed by atoms with E-state index in [1.807, 2.05) is 54.6 Å². The molecule has 0 bridgehead atoms. The van der Waals surface area contributed by atoms with Crippen molar-refractivity contribution in [3.63, 3.8) is 0 Å². The van der Waals surface area contributed by atoms with Crippen LogP contribution in [-0.4, -0.2) is 30.5 Å². The van der Waals surface area contributed by atoms with Crippen LogP contribution in [0.2, 0.25) is 0 Å². The summed E-state index contributed by atoms with van der Waals surface area (Å²) in [5, 5.41) is 3.59. The SMILES string of the molecule is COc1cc(C(=O)NNC(=O)CNc2nc3ccccc3s2)ccc1OCc1ccccc1. The summed E-state index contributed by atoms with van der Waals surface area (Å²) < 4.78 is 12.2. The molecule has 9 heteroatoms. The molecule has 3 aromatic carbocycles. The van der Waals surface area contributed by atoms with Crippen molar-refractivity contribution in [1.29, 1.82) is 0 Å². The van der Waals surface area contributed by atoms with Gasteiger partial charge in [0.05, 0.1) is 23.9 Å². The van der Waals surface area contributed by atoms with Crippen LogP contribution in [0.1, 0.15) is 15.9 Å². The van der Waals surface area contributed by atoms with E-state index in [0.717, 1.165) is 15.8 Å². The van der Waals surface area contributed by atoms with Gasteiger partial charge in [0.1, 0.15) is 6.61 Å². The molecule has 0 atom stereocenters. The van der Waals surface area contributed by atoms with Crippen molar-refractivity contribution in [3.8, 4) is 11.5 Å². The average Bonchev–Trinajstić information content (AvgIpc) is 3.28. The van der Waals surface area contributed by atoms with Crippen molar-refractivity contribution in [2.24, 2.45) is 0 Å². The quantitative estimate of drug-likeness (QED) is 0.345. The molecule has 8 nitrogen and oxygen atoms in total. The monoisotopic (exact) mass is 462 g/mol. The van der Waals surface area contributed by atoms with E-state index in [9.17, 15) is 9.59 Å². The molecule has 168 valence electrons. The van der Waals surface area contributed by atoms with E-state index in [4.69, 9.17) is 9.47 Å². The molecule has 0 aliphatic heterocycles. The highest BCUT2D eigenvalue weighted by molar-refractivity contribution is 7.22. The second kappa shape index (κ2) is 10.5. The van der Waals surface area contributed by atoms with Gasteiger partial charge in [-0.1, -0.05) is 53.8 Å². The summed E-state index contributed by atoms with van der Waals surface area (Å²) >= 11 is 1.45. The largest absolute Gasteiger partial charge is 0.493 e. The fourth-order valence-corrected chi connectivity index (χ4v) is 3.87. The zero-order chi connectivity index (χ0) is 23.0. The number of methoxy groups -OCH3 is 1. The number of hydrazine groups is 1. The number of amides is 2. The fourth-order valence-electron chi connectivity index (χ4n) is 3.01. The number of carbonyl (C=O) groups excluding carboxylic acids is 2. The summed E-state index contributed by atoms with van der Waals surface area (Å²) in [7, 11) is 1.50. The molecule has 2 amide bonds. The highest BCUT2D eigenvalue weighted by Gasteiger charge is 2.13. The smallest absolute Gasteiger partial charge is 0.269 e. The van der Waals surface area contributed by atoms with Gasteiger partial charge in [-0.2, -0.15) is 0 Å². The summed E-state index contributed by atoms with van der Waals surface area (Å²) in [6.45, 7) is 0.343. The van der Waals surface area contributed by atoms with Gasteiger partial charge in [-0.25, -0.2) is 4.98 Å². The van der Waals surface area contributed by atoms with Gasteiger partial charge in [-0.3, -0.25) is 20.4 Å². The van der Waals surface area contributed by atoms with Crippen molar-refractivity contribution in [2.75, 3.05) is 19.0 Å². The Morgan fingerprint density at radius 3 is 2.52 bits per heavy atom. The number of nitrogens with zero attached hydrogens (tertiary/aromatic N) is 1. The van der Waals surface area contributed by atoms with Crippen LogP contribution in [0.15, 0.2) is 72.8 Å². The number of benzene rings is 3. The molecule has 33 heavy (non-hydrogen) atoms. The Kier molecular flexibility index (Phi) is 7.01. The van der Waals surface area contributed by atoms with Crippen LogP contribution in [0.5, 0.6) is 11.5 Å². The molecular formula is C24H22N4O4S. The van der Waals surface area contributed by atoms with Crippen molar-refractivity contribution < 1.29 is 19.1 Å². The predicted octanol–water partition coefficient (Wildman–Crippen LogP) is 3.76. The highest BCUT2D eigenvalue weighted by atomic mass is 32.1. The number of anilines is 1. The van der Waals surface area contributed by atoms with Gasteiger partial charge in [0.25, 0.3) is 11.8 Å². The summed E-state index contributed by atoms with van der Waals surface area (Å²) in [5.41, 5.74) is 6.99. The minimum absolute atomic E-state index is 0.0321. The Balaban J connectivity index is 1.28. The van der Waals surface area contributed by atoms with Crippen molar-refractivity contribution in [3.05, 3.63) is 83.9 Å². The van der Waals surface area contributed by atoms with Gasteiger partial charge < -0.3 is 14.8 Å². The molecule has 0 fully saturated rings. The van der Waals surface area contributed by atoms with Crippen molar-refractivity contribution >= 4 is 38.5 Å². The zero-order valence-electron chi connectivity index (χ0n) is 17.8. The standard InChI is InChI=1S/C24H22N4O4S/c1-31-20-13-17(11-12-19(20)32-15-16-7-3-2-4-8-16)23(30)28-27-22(29)14-25-24-26-18-9-5-6-10-21(18)33-24/h2-13H,14-15H2,1H3,(H,25,26)(H,27,29)(H,28,30). The lowest BCUT2D eigenvalue weighted by Gasteiger charge is -2.13. The normalized spacial score (nSPS) is 10.5. The number of ether oxygens (including phenoxy) is 2. The van der Waals surface area contributed by atoms with Crippen LogP contribution in [-0.2, 0) is 11.4 Å². The number of nitrogens with one attached hydrogen (secondary N) is 3. The van der Waals surface area contributed by atoms with Crippen LogP contribution in [0, 0.1) is 0 Å². The number of fused-ring (bicyclic) bond motifs is 1. The minimum atomic E-state index is -0.476. The Bertz CT molecular complexity index is 1230. The molecule has 1 aromatic heterocycles. The lowest BCUT2D eigenvalue weighted by molar-refractivity contribution is -0.120. The second-order valence-electron chi connectivity index (χ2n) is 6.98. The molecule has 0 unspecified atom stereocenters. The third kappa shape index (κ3) is 5.78. The summed E-state index contributed by atoms with van der Waals surface area (Å²) in [4.78, 5) is 29.0. The number of rotatable bonds is 8. The molecule has 0 saturated heterocycles. The third-order valence-corrected chi connectivity index (χ3v) is 5.67. The Labute approximate surface area is 194 Å². The lowest BCUT2D eigenvalue weighted by Crippen LogP contribution is -2.44. The van der Waals surface area contributed by atoms with Crippen molar-refractivity contribution in [1.82, 2.24) is 15.8 Å². The molecular weight excluding hydrogens is 440 g/mol. The number of hydrogen-bond acceptors (Lipinski definition) is 7. The number of hydrogen-bond donors (Lipinski definition) is 3. The highest BCUT2D eigenvalue weighted by Crippen LogP contribution is 2.29. The van der Waals surface area contributed by atoms with Gasteiger partial charge in [0.2, 0.25) is 0 Å². The summed E-state index contributed by atoms with van der Waals surface area (Å²) in [5.74, 6) is 0.0537. The average molecular weight is 463 g/mol. The zero-order valence-corrected chi connectivity index (χ0v) is 18.6. The van der Waals surface area contributed by atoms with Crippen LogP contribution in [0.3, 0.4) is 0 Å². The Hall–Kier alpha value is -4.11. The number of thiazole rings is 1. The topological polar surface area (TPSA) is 102 Å². The third-order valence-electron chi connectivity index (χ3n) is 4.67. The van der Waals surface area contributed by atoms with E-state index in [1.54, 1.807) is 18.2 Å². The van der Waals surface area contributed by atoms with Gasteiger partial charge in [0.15, 0.2) is 16.6 Å². The number of carbonyl (C=O) groups is 2. The van der Waals surface area contributed by atoms with Gasteiger partial charge >= 0.3 is 0 Å². The maximum Gasteiger partial charge on any atom is 0.269 e. The predicted molar refractivity (Wildman–Crippen MR) is 127 cm³/mol. The molecule has 0 radical (unpaired) electrons. The molecule has 4 aromatic rings. The van der Waals surface area contributed by atoms with Crippen LogP contribution in [0.4, 0.5) is 5.13 Å². The van der Waals surface area contributed by atoms with Crippen LogP contribution < -0.4 is 25.6 Å². The van der Waals surface area contributed by atoms with Gasteiger partial charge in [-0.15, -0.1) is 0 Å². The molecule has 0 spiro atoms. The Morgan fingerprint density at radius 2 is 1.73 bits per heavy atom. The molecule has 4 rings (SSSR count). The maximum absolute atomic E-state index is 12.4. The Morgan fingerprint density at radius 1 is 0.939 bits per heavy atom. The van der Waals surface area contributed by atoms with Gasteiger partial charge in [-0.05, 0) is 35.9 Å². The number of para-hydroxylation sites is 1. The molecule has 0 saturated carbocycles. The summed E-state index contributed by atoms with van der Waals surface area (Å²) in [6, 6.07) is 22.3. The minimum Gasteiger partial charge on any atom is -0.493 e. The van der Waals surface area contributed by atoms with E-state index in [1.165, 1.54) is 18.4 Å². The second-order valence-corrected chi connectivity index (χ2v) is 8.01. The number of aromatic nitrogens is 1. The van der Waals surface area contributed by atoms with Crippen LogP contribution >= 0.6 is 11.3 Å². The lowest BCUT2D eigenvalue weighted by atomic mass is 10.2. The fraction of sp³-hybridized carbons (Fsp3) is 0.125. The van der Waals surface area contributed by atoms with E-state index in [0.29, 0.717) is 28.8 Å². The molecule has 3 N–H and O–H groups in total. The van der Waals surface area contributed by atoms with E-state index in [2.05, 4.69) is 21.2 Å². The first-order valence-electron chi connectivity index (χ1n) is 10.2. The van der Waals surface area contributed by atoms with E-state index < -0.39 is 11.8 Å². The van der Waals surface area contributed by atoms with E-state index >= 15 is 0 Å². The molecule has 0 aliphatic rings. The first-order chi connectivity index (χ1) is 16.1. The first kappa shape index (κ1) is 22.1. The molecule has 1 heterocycles. The van der Waals surface area contributed by atoms with Crippen molar-refractivity contribution in [2.45, 2.75) is 6.61 Å². The van der Waals surface area contributed by atoms with E-state index in [-0.39, 0.29) is 6.54 Å². The van der Waals surface area contributed by atoms with Gasteiger partial charge in [0, 0.05) is 5.56 Å². The maximum atomic E-state index is 12.4. The van der Waals surface area contributed by atoms with Crippen LogP contribution in [0.25, 0.3) is 10.2 Å². The molecule has 0 aliphatic carbocycles. The summed E-state index contributed by atoms with van der Waals surface area (Å²) in [6.07, 6.45) is 0. The first-order valence-corrected chi connectivity index (χ1v) is 11.0.